The van der Waals surface area contributed by atoms with Gasteiger partial charge in [0.1, 0.15) is 0 Å². The van der Waals surface area contributed by atoms with E-state index in [0.29, 0.717) is 17.6 Å². The molecule has 0 radical (unpaired) electrons. The van der Waals surface area contributed by atoms with Crippen LogP contribution in [0.1, 0.15) is 12.5 Å². The van der Waals surface area contributed by atoms with Crippen molar-refractivity contribution in [1.29, 1.82) is 0 Å². The summed E-state index contributed by atoms with van der Waals surface area (Å²) >= 11 is 0. The Morgan fingerprint density at radius 2 is 2.31 bits per heavy atom. The second kappa shape index (κ2) is 3.98. The van der Waals surface area contributed by atoms with E-state index in [1.54, 1.807) is 18.2 Å². The third-order valence-electron chi connectivity index (χ3n) is 2.34. The molecule has 84 valence electrons. The molecule has 2 rings (SSSR count). The first kappa shape index (κ1) is 10.7. The van der Waals surface area contributed by atoms with Crippen LogP contribution in [0.4, 0.5) is 0 Å². The maximum atomic E-state index is 11.6. The Balaban J connectivity index is 2.65. The Labute approximate surface area is 92.4 Å². The second-order valence-electron chi connectivity index (χ2n) is 3.87. The van der Waals surface area contributed by atoms with Gasteiger partial charge >= 0.3 is 5.76 Å². The van der Waals surface area contributed by atoms with Crippen molar-refractivity contribution in [2.75, 3.05) is 0 Å². The zero-order valence-corrected chi connectivity index (χ0v) is 9.06. The summed E-state index contributed by atoms with van der Waals surface area (Å²) in [6, 6.07) is 5.18. The molecule has 1 aromatic carbocycles. The lowest BCUT2D eigenvalue weighted by molar-refractivity contribution is 0.282. The van der Waals surface area contributed by atoms with Crippen molar-refractivity contribution in [3.63, 3.8) is 0 Å². The normalized spacial score (nSPS) is 10.9. The number of hydrogen-bond donors (Lipinski definition) is 1. The van der Waals surface area contributed by atoms with Crippen LogP contribution in [0.3, 0.4) is 0 Å². The van der Waals surface area contributed by atoms with Gasteiger partial charge in [0.05, 0.1) is 12.1 Å². The van der Waals surface area contributed by atoms with Gasteiger partial charge in [-0.25, -0.2) is 4.79 Å². The molecule has 0 amide bonds. The third kappa shape index (κ3) is 1.79. The predicted octanol–water partition coefficient (Wildman–Crippen LogP) is 1.66. The van der Waals surface area contributed by atoms with Crippen LogP contribution in [0.2, 0.25) is 0 Å². The van der Waals surface area contributed by atoms with Gasteiger partial charge in [0.25, 0.3) is 0 Å². The summed E-state index contributed by atoms with van der Waals surface area (Å²) in [5, 5.41) is 9.04. The monoisotopic (exact) mass is 219 g/mol. The van der Waals surface area contributed by atoms with Crippen molar-refractivity contribution < 1.29 is 9.52 Å². The minimum absolute atomic E-state index is 0.0532. The number of fused-ring (bicyclic) bond motifs is 1. The van der Waals surface area contributed by atoms with Crippen LogP contribution >= 0.6 is 0 Å². The van der Waals surface area contributed by atoms with E-state index < -0.39 is 5.76 Å². The number of allylic oxidation sites excluding steroid dienone is 1. The van der Waals surface area contributed by atoms with E-state index >= 15 is 0 Å². The Morgan fingerprint density at radius 3 is 2.94 bits per heavy atom. The molecule has 0 aliphatic carbocycles. The van der Waals surface area contributed by atoms with E-state index in [-0.39, 0.29) is 6.61 Å². The zero-order valence-electron chi connectivity index (χ0n) is 9.06. The number of nitrogens with zero attached hydrogens (tertiary/aromatic N) is 1. The number of aromatic nitrogens is 1. The lowest BCUT2D eigenvalue weighted by Gasteiger charge is -2.01. The van der Waals surface area contributed by atoms with Gasteiger partial charge in [0, 0.05) is 6.54 Å². The Morgan fingerprint density at radius 1 is 1.56 bits per heavy atom. The van der Waals surface area contributed by atoms with Crippen molar-refractivity contribution in [1.82, 2.24) is 4.57 Å². The predicted molar refractivity (Wildman–Crippen MR) is 61.2 cm³/mol. The molecule has 0 saturated carbocycles. The quantitative estimate of drug-likeness (QED) is 0.799. The van der Waals surface area contributed by atoms with E-state index in [2.05, 4.69) is 6.58 Å². The van der Waals surface area contributed by atoms with Crippen LogP contribution in [-0.4, -0.2) is 9.67 Å². The van der Waals surface area contributed by atoms with Crippen LogP contribution < -0.4 is 5.76 Å². The first-order valence-electron chi connectivity index (χ1n) is 4.99. The summed E-state index contributed by atoms with van der Waals surface area (Å²) in [5.41, 5.74) is 2.85. The highest BCUT2D eigenvalue weighted by Gasteiger charge is 2.09. The molecular formula is C12H13NO3. The Kier molecular flexibility index (Phi) is 2.66. The molecule has 0 atom stereocenters. The van der Waals surface area contributed by atoms with Gasteiger partial charge in [-0.05, 0) is 24.6 Å². The molecule has 16 heavy (non-hydrogen) atoms. The number of oxazole rings is 1. The molecule has 1 heterocycles. The average molecular weight is 219 g/mol. The number of aliphatic hydroxyl groups excluding tert-OH is 1. The van der Waals surface area contributed by atoms with Gasteiger partial charge < -0.3 is 9.52 Å². The van der Waals surface area contributed by atoms with Crippen molar-refractivity contribution >= 4 is 11.1 Å². The van der Waals surface area contributed by atoms with E-state index in [4.69, 9.17) is 9.52 Å². The standard InChI is InChI=1S/C12H13NO3/c1-8(2)6-13-10-5-9(7-14)3-4-11(10)16-12(13)15/h3-5,14H,1,6-7H2,2H3. The van der Waals surface area contributed by atoms with Gasteiger partial charge in [-0.1, -0.05) is 18.2 Å². The summed E-state index contributed by atoms with van der Waals surface area (Å²) in [6.45, 7) is 6.00. The van der Waals surface area contributed by atoms with Gasteiger partial charge in [-0.15, -0.1) is 0 Å². The molecular weight excluding hydrogens is 206 g/mol. The molecule has 2 aromatic rings. The van der Waals surface area contributed by atoms with Crippen LogP contribution in [0, 0.1) is 0 Å². The fraction of sp³-hybridized carbons (Fsp3) is 0.250. The minimum Gasteiger partial charge on any atom is -0.408 e. The summed E-state index contributed by atoms with van der Waals surface area (Å²) in [4.78, 5) is 11.6. The fourth-order valence-electron chi connectivity index (χ4n) is 1.63. The molecule has 1 aromatic heterocycles. The van der Waals surface area contributed by atoms with Gasteiger partial charge in [0.15, 0.2) is 5.58 Å². The lowest BCUT2D eigenvalue weighted by atomic mass is 10.2. The zero-order chi connectivity index (χ0) is 11.7. The van der Waals surface area contributed by atoms with Crippen LogP contribution in [-0.2, 0) is 13.2 Å². The van der Waals surface area contributed by atoms with Gasteiger partial charge in [0.2, 0.25) is 0 Å². The SMILES string of the molecule is C=C(C)Cn1c(=O)oc2ccc(CO)cc21. The fourth-order valence-corrected chi connectivity index (χ4v) is 1.63. The van der Waals surface area contributed by atoms with Crippen molar-refractivity contribution in [3.05, 3.63) is 46.5 Å². The van der Waals surface area contributed by atoms with Crippen molar-refractivity contribution in [2.24, 2.45) is 0 Å². The molecule has 0 bridgehead atoms. The van der Waals surface area contributed by atoms with Crippen molar-refractivity contribution in [3.8, 4) is 0 Å². The Bertz CT molecular complexity index is 592. The highest BCUT2D eigenvalue weighted by atomic mass is 16.4. The number of benzene rings is 1. The van der Waals surface area contributed by atoms with Crippen LogP contribution in [0.25, 0.3) is 11.1 Å². The molecule has 4 nitrogen and oxygen atoms in total. The number of hydrogen-bond acceptors (Lipinski definition) is 3. The van der Waals surface area contributed by atoms with Crippen LogP contribution in [0.5, 0.6) is 0 Å². The summed E-state index contributed by atoms with van der Waals surface area (Å²) in [7, 11) is 0. The second-order valence-corrected chi connectivity index (χ2v) is 3.87. The molecule has 1 N–H and O–H groups in total. The number of aliphatic hydroxyl groups is 1. The first-order valence-corrected chi connectivity index (χ1v) is 4.99. The highest BCUT2D eigenvalue weighted by molar-refractivity contribution is 5.73. The van der Waals surface area contributed by atoms with E-state index in [9.17, 15) is 4.79 Å². The summed E-state index contributed by atoms with van der Waals surface area (Å²) < 4.78 is 6.59. The first-order chi connectivity index (χ1) is 7.61. The minimum atomic E-state index is -0.395. The number of rotatable bonds is 3. The molecule has 4 heteroatoms. The van der Waals surface area contributed by atoms with E-state index in [0.717, 1.165) is 11.1 Å². The summed E-state index contributed by atoms with van der Waals surface area (Å²) in [6.07, 6.45) is 0. The molecule has 0 spiro atoms. The average Bonchev–Trinajstić information content (AvgIpc) is 2.54. The molecule has 0 fully saturated rings. The van der Waals surface area contributed by atoms with Crippen molar-refractivity contribution in [2.45, 2.75) is 20.1 Å². The largest absolute Gasteiger partial charge is 0.420 e. The maximum Gasteiger partial charge on any atom is 0.420 e. The smallest absolute Gasteiger partial charge is 0.408 e. The maximum absolute atomic E-state index is 11.6. The Hall–Kier alpha value is -1.81. The van der Waals surface area contributed by atoms with Crippen LogP contribution in [0.15, 0.2) is 39.6 Å². The highest BCUT2D eigenvalue weighted by Crippen LogP contribution is 2.15. The molecule has 0 aliphatic rings. The van der Waals surface area contributed by atoms with E-state index in [1.807, 2.05) is 6.92 Å². The third-order valence-corrected chi connectivity index (χ3v) is 2.34. The molecule has 0 aliphatic heterocycles. The molecule has 0 unspecified atom stereocenters. The topological polar surface area (TPSA) is 55.4 Å². The van der Waals surface area contributed by atoms with Gasteiger partial charge in [-0.2, -0.15) is 0 Å². The lowest BCUT2D eigenvalue weighted by Crippen LogP contribution is -2.14. The summed E-state index contributed by atoms with van der Waals surface area (Å²) in [5.74, 6) is -0.395. The van der Waals surface area contributed by atoms with E-state index in [1.165, 1.54) is 4.57 Å². The van der Waals surface area contributed by atoms with Gasteiger partial charge in [-0.3, -0.25) is 4.57 Å². The molecule has 0 saturated heterocycles.